The molecule has 0 aromatic carbocycles. The van der Waals surface area contributed by atoms with E-state index < -0.39 is 0 Å². The summed E-state index contributed by atoms with van der Waals surface area (Å²) in [5.74, 6) is -0.272. The highest BCUT2D eigenvalue weighted by Crippen LogP contribution is 2.00. The fraction of sp³-hybridized carbons (Fsp3) is 0.667. The van der Waals surface area contributed by atoms with Crippen molar-refractivity contribution in [2.45, 2.75) is 39.5 Å². The van der Waals surface area contributed by atoms with Crippen LogP contribution >= 0.6 is 0 Å². The SMILES string of the molecule is C=C(C)C(=O)OCCCCCC.COC=O. The maximum atomic E-state index is 10.9. The second-order valence-electron chi connectivity index (χ2n) is 3.31. The lowest BCUT2D eigenvalue weighted by Crippen LogP contribution is -2.05. The molecule has 4 heteroatoms. The third kappa shape index (κ3) is 15.2. The van der Waals surface area contributed by atoms with Crippen molar-refractivity contribution < 1.29 is 19.1 Å². The van der Waals surface area contributed by atoms with Gasteiger partial charge in [-0.1, -0.05) is 32.8 Å². The molecule has 0 unspecified atom stereocenters. The van der Waals surface area contributed by atoms with Crippen molar-refractivity contribution in [1.82, 2.24) is 0 Å². The zero-order valence-corrected chi connectivity index (χ0v) is 10.5. The van der Waals surface area contributed by atoms with Crippen LogP contribution in [0.4, 0.5) is 0 Å². The molecule has 0 aromatic heterocycles. The molecule has 0 atom stereocenters. The van der Waals surface area contributed by atoms with Gasteiger partial charge < -0.3 is 9.47 Å². The lowest BCUT2D eigenvalue weighted by Gasteiger charge is -2.02. The van der Waals surface area contributed by atoms with Gasteiger partial charge in [0.15, 0.2) is 0 Å². The van der Waals surface area contributed by atoms with Crippen molar-refractivity contribution in [1.29, 1.82) is 0 Å². The average Bonchev–Trinajstić information content (AvgIpc) is 2.28. The molecule has 0 rings (SSSR count). The van der Waals surface area contributed by atoms with Gasteiger partial charge in [-0.25, -0.2) is 4.79 Å². The Labute approximate surface area is 97.6 Å². The highest BCUT2D eigenvalue weighted by molar-refractivity contribution is 5.86. The largest absolute Gasteiger partial charge is 0.471 e. The number of carbonyl (C=O) groups excluding carboxylic acids is 2. The van der Waals surface area contributed by atoms with E-state index in [4.69, 9.17) is 9.53 Å². The Morgan fingerprint density at radius 2 is 1.88 bits per heavy atom. The molecule has 0 N–H and O–H groups in total. The van der Waals surface area contributed by atoms with Crippen LogP contribution in [0.2, 0.25) is 0 Å². The van der Waals surface area contributed by atoms with E-state index in [0.717, 1.165) is 12.8 Å². The Hall–Kier alpha value is -1.32. The van der Waals surface area contributed by atoms with Gasteiger partial charge in [0.25, 0.3) is 6.47 Å². The third-order valence-corrected chi connectivity index (χ3v) is 1.68. The van der Waals surface area contributed by atoms with E-state index in [1.54, 1.807) is 6.92 Å². The van der Waals surface area contributed by atoms with Crippen LogP contribution in [0, 0.1) is 0 Å². The van der Waals surface area contributed by atoms with Crippen LogP contribution < -0.4 is 0 Å². The van der Waals surface area contributed by atoms with Crippen LogP contribution in [0.3, 0.4) is 0 Å². The van der Waals surface area contributed by atoms with E-state index in [0.29, 0.717) is 18.7 Å². The molecule has 0 spiro atoms. The number of unbranched alkanes of at least 4 members (excludes halogenated alkanes) is 3. The predicted octanol–water partition coefficient (Wildman–Crippen LogP) is 2.48. The monoisotopic (exact) mass is 230 g/mol. The summed E-state index contributed by atoms with van der Waals surface area (Å²) in [7, 11) is 1.31. The number of methoxy groups -OCH3 is 1. The van der Waals surface area contributed by atoms with Crippen LogP contribution in [0.5, 0.6) is 0 Å². The van der Waals surface area contributed by atoms with Crippen molar-refractivity contribution in [2.75, 3.05) is 13.7 Å². The molecule has 0 radical (unpaired) electrons. The van der Waals surface area contributed by atoms with E-state index >= 15 is 0 Å². The molecule has 94 valence electrons. The third-order valence-electron chi connectivity index (χ3n) is 1.68. The lowest BCUT2D eigenvalue weighted by atomic mass is 10.2. The van der Waals surface area contributed by atoms with Gasteiger partial charge in [-0.2, -0.15) is 0 Å². The lowest BCUT2D eigenvalue weighted by molar-refractivity contribution is -0.139. The Kier molecular flexibility index (Phi) is 14.6. The van der Waals surface area contributed by atoms with Crippen LogP contribution in [-0.2, 0) is 19.1 Å². The van der Waals surface area contributed by atoms with Gasteiger partial charge >= 0.3 is 5.97 Å². The summed E-state index contributed by atoms with van der Waals surface area (Å²) in [6, 6.07) is 0. The highest BCUT2D eigenvalue weighted by atomic mass is 16.5. The molecular weight excluding hydrogens is 208 g/mol. The standard InChI is InChI=1S/C10H18O2.C2H4O2/c1-4-5-6-7-8-12-10(11)9(2)3;1-4-2-3/h2,4-8H2,1,3H3;2H,1H3. The minimum absolute atomic E-state index is 0.272. The summed E-state index contributed by atoms with van der Waals surface area (Å²) in [4.78, 5) is 19.8. The molecule has 0 saturated heterocycles. The van der Waals surface area contributed by atoms with Gasteiger partial charge in [-0.15, -0.1) is 0 Å². The van der Waals surface area contributed by atoms with Gasteiger partial charge in [-0.05, 0) is 13.3 Å². The molecule has 0 aliphatic rings. The first-order valence-electron chi connectivity index (χ1n) is 5.39. The normalized spacial score (nSPS) is 8.44. The molecule has 0 heterocycles. The molecular formula is C12H22O4. The summed E-state index contributed by atoms with van der Waals surface area (Å²) in [5.41, 5.74) is 0.477. The summed E-state index contributed by atoms with van der Waals surface area (Å²) < 4.78 is 8.77. The van der Waals surface area contributed by atoms with E-state index in [2.05, 4.69) is 18.2 Å². The molecule has 0 fully saturated rings. The first-order valence-corrected chi connectivity index (χ1v) is 5.39. The molecule has 0 aromatic rings. The van der Waals surface area contributed by atoms with Crippen LogP contribution in [0.15, 0.2) is 12.2 Å². The molecule has 4 nitrogen and oxygen atoms in total. The van der Waals surface area contributed by atoms with Gasteiger partial charge in [0, 0.05) is 5.57 Å². The number of hydrogen-bond donors (Lipinski definition) is 0. The number of hydrogen-bond acceptors (Lipinski definition) is 4. The van der Waals surface area contributed by atoms with Gasteiger partial charge in [0.1, 0.15) is 0 Å². The van der Waals surface area contributed by atoms with Gasteiger partial charge in [-0.3, -0.25) is 4.79 Å². The second kappa shape index (κ2) is 13.7. The van der Waals surface area contributed by atoms with Gasteiger partial charge in [0.2, 0.25) is 0 Å². The quantitative estimate of drug-likeness (QED) is 0.292. The van der Waals surface area contributed by atoms with E-state index in [1.807, 2.05) is 0 Å². The smallest absolute Gasteiger partial charge is 0.333 e. The summed E-state index contributed by atoms with van der Waals surface area (Å²) in [6.07, 6.45) is 4.52. The minimum Gasteiger partial charge on any atom is -0.471 e. The van der Waals surface area contributed by atoms with Crippen LogP contribution in [0.25, 0.3) is 0 Å². The van der Waals surface area contributed by atoms with Crippen LogP contribution in [-0.4, -0.2) is 26.2 Å². The first-order chi connectivity index (χ1) is 7.59. The second-order valence-corrected chi connectivity index (χ2v) is 3.31. The number of esters is 1. The van der Waals surface area contributed by atoms with E-state index in [1.165, 1.54) is 20.0 Å². The molecule has 0 saturated carbocycles. The number of ether oxygens (including phenoxy) is 2. The minimum atomic E-state index is -0.272. The number of rotatable bonds is 7. The first kappa shape index (κ1) is 17.1. The maximum Gasteiger partial charge on any atom is 0.333 e. The Bertz CT molecular complexity index is 199. The fourth-order valence-electron chi connectivity index (χ4n) is 0.817. The molecule has 16 heavy (non-hydrogen) atoms. The maximum absolute atomic E-state index is 10.9. The predicted molar refractivity (Wildman–Crippen MR) is 63.0 cm³/mol. The van der Waals surface area contributed by atoms with E-state index in [-0.39, 0.29) is 5.97 Å². The highest BCUT2D eigenvalue weighted by Gasteiger charge is 2.00. The van der Waals surface area contributed by atoms with Crippen molar-refractivity contribution in [2.24, 2.45) is 0 Å². The average molecular weight is 230 g/mol. The summed E-state index contributed by atoms with van der Waals surface area (Å²) in [6.45, 7) is 8.22. The van der Waals surface area contributed by atoms with Crippen molar-refractivity contribution >= 4 is 12.4 Å². The number of carbonyl (C=O) groups is 2. The molecule has 0 aliphatic heterocycles. The van der Waals surface area contributed by atoms with Gasteiger partial charge in [0.05, 0.1) is 13.7 Å². The molecule has 0 aliphatic carbocycles. The Morgan fingerprint density at radius 3 is 2.25 bits per heavy atom. The zero-order valence-electron chi connectivity index (χ0n) is 10.5. The Morgan fingerprint density at radius 1 is 1.31 bits per heavy atom. The molecule has 0 amide bonds. The van der Waals surface area contributed by atoms with E-state index in [9.17, 15) is 4.79 Å². The summed E-state index contributed by atoms with van der Waals surface area (Å²) >= 11 is 0. The van der Waals surface area contributed by atoms with Crippen molar-refractivity contribution in [3.8, 4) is 0 Å². The fourth-order valence-corrected chi connectivity index (χ4v) is 0.817. The molecule has 0 bridgehead atoms. The van der Waals surface area contributed by atoms with Crippen molar-refractivity contribution in [3.63, 3.8) is 0 Å². The zero-order chi connectivity index (χ0) is 12.8. The van der Waals surface area contributed by atoms with Crippen LogP contribution in [0.1, 0.15) is 39.5 Å². The van der Waals surface area contributed by atoms with Crippen molar-refractivity contribution in [3.05, 3.63) is 12.2 Å². The topological polar surface area (TPSA) is 52.6 Å². The summed E-state index contributed by atoms with van der Waals surface area (Å²) in [5, 5.41) is 0. The Balaban J connectivity index is 0.